The monoisotopic (exact) mass is 484 g/mol. The summed E-state index contributed by atoms with van der Waals surface area (Å²) >= 11 is 0. The number of pyridine rings is 1. The predicted octanol–water partition coefficient (Wildman–Crippen LogP) is 5.64. The van der Waals surface area contributed by atoms with Crippen molar-refractivity contribution in [2.75, 3.05) is 4.72 Å². The van der Waals surface area contributed by atoms with Crippen LogP contribution in [0.4, 0.5) is 14.5 Å². The second kappa shape index (κ2) is 9.72. The molecular formula is C25H22F2N2O4S. The van der Waals surface area contributed by atoms with Gasteiger partial charge in [0.25, 0.3) is 5.88 Å². The van der Waals surface area contributed by atoms with E-state index in [0.29, 0.717) is 16.5 Å². The lowest BCUT2D eigenvalue weighted by Gasteiger charge is -2.13. The van der Waals surface area contributed by atoms with Crippen LogP contribution >= 0.6 is 0 Å². The van der Waals surface area contributed by atoms with Gasteiger partial charge in [-0.1, -0.05) is 12.1 Å². The first-order valence-electron chi connectivity index (χ1n) is 10.5. The van der Waals surface area contributed by atoms with E-state index in [1.165, 1.54) is 30.5 Å². The molecule has 9 heteroatoms. The van der Waals surface area contributed by atoms with E-state index >= 15 is 4.39 Å². The van der Waals surface area contributed by atoms with Crippen LogP contribution in [-0.4, -0.2) is 14.4 Å². The zero-order valence-corrected chi connectivity index (χ0v) is 19.5. The lowest BCUT2D eigenvalue weighted by atomic mass is 9.99. The second-order valence-corrected chi connectivity index (χ2v) is 9.69. The Morgan fingerprint density at radius 3 is 2.68 bits per heavy atom. The SMILES string of the molecule is Cc1c(Cc2cccc(NS(=O)C(C)C)c2F)c(=O)oc2cc(Oc3ncccc3F)ccc12. The van der Waals surface area contributed by atoms with Crippen molar-refractivity contribution in [3.05, 3.63) is 93.5 Å². The largest absolute Gasteiger partial charge is 0.436 e. The normalized spacial score (nSPS) is 12.2. The topological polar surface area (TPSA) is 81.4 Å². The highest BCUT2D eigenvalue weighted by molar-refractivity contribution is 7.86. The Morgan fingerprint density at radius 1 is 1.15 bits per heavy atom. The average molecular weight is 485 g/mol. The molecule has 0 spiro atoms. The van der Waals surface area contributed by atoms with Gasteiger partial charge in [0.15, 0.2) is 11.6 Å². The zero-order chi connectivity index (χ0) is 24.4. The number of hydrogen-bond acceptors (Lipinski definition) is 5. The van der Waals surface area contributed by atoms with E-state index in [1.54, 1.807) is 45.0 Å². The number of halogens is 2. The maximum atomic E-state index is 15.1. The van der Waals surface area contributed by atoms with Crippen LogP contribution in [-0.2, 0) is 17.4 Å². The van der Waals surface area contributed by atoms with Crippen LogP contribution < -0.4 is 15.1 Å². The molecule has 0 radical (unpaired) electrons. The molecule has 4 rings (SSSR count). The van der Waals surface area contributed by atoms with Gasteiger partial charge in [-0.2, -0.15) is 0 Å². The number of fused-ring (bicyclic) bond motifs is 1. The number of nitrogens with zero attached hydrogens (tertiary/aromatic N) is 1. The summed E-state index contributed by atoms with van der Waals surface area (Å²) in [5.41, 5.74) is 0.947. The molecular weight excluding hydrogens is 462 g/mol. The summed E-state index contributed by atoms with van der Waals surface area (Å²) in [4.78, 5) is 16.6. The number of hydrogen-bond donors (Lipinski definition) is 1. The molecule has 4 aromatic rings. The number of ether oxygens (including phenoxy) is 1. The number of rotatable bonds is 7. The van der Waals surface area contributed by atoms with Crippen molar-refractivity contribution in [1.82, 2.24) is 4.98 Å². The molecule has 0 amide bonds. The van der Waals surface area contributed by atoms with E-state index in [0.717, 1.165) is 0 Å². The molecule has 1 atom stereocenters. The molecule has 0 aliphatic rings. The summed E-state index contributed by atoms with van der Waals surface area (Å²) < 4.78 is 54.6. The zero-order valence-electron chi connectivity index (χ0n) is 18.7. The molecule has 0 saturated heterocycles. The molecule has 0 aliphatic carbocycles. The van der Waals surface area contributed by atoms with Crippen LogP contribution in [0.5, 0.6) is 11.6 Å². The first-order valence-corrected chi connectivity index (χ1v) is 11.7. The molecule has 0 saturated carbocycles. The molecule has 2 aromatic heterocycles. The lowest BCUT2D eigenvalue weighted by Crippen LogP contribution is -2.16. The standard InChI is InChI=1S/C25H22F2N2O4S/c1-14(2)34(31)29-21-8-4-6-16(23(21)27)12-19-15(3)18-10-9-17(13-22(18)33-25(19)30)32-24-20(26)7-5-11-28-24/h4-11,13-14,29H,12H2,1-3H3. The van der Waals surface area contributed by atoms with Crippen LogP contribution in [0.2, 0.25) is 0 Å². The van der Waals surface area contributed by atoms with Gasteiger partial charge in [0.1, 0.15) is 22.3 Å². The first-order chi connectivity index (χ1) is 16.2. The van der Waals surface area contributed by atoms with Crippen molar-refractivity contribution in [1.29, 1.82) is 0 Å². The molecule has 1 unspecified atom stereocenters. The van der Waals surface area contributed by atoms with Crippen molar-refractivity contribution >= 4 is 27.6 Å². The van der Waals surface area contributed by atoms with Crippen LogP contribution in [0.1, 0.15) is 30.5 Å². The Morgan fingerprint density at radius 2 is 1.94 bits per heavy atom. The van der Waals surface area contributed by atoms with Gasteiger partial charge in [0, 0.05) is 34.9 Å². The summed E-state index contributed by atoms with van der Waals surface area (Å²) in [6.07, 6.45) is 1.40. The Kier molecular flexibility index (Phi) is 6.74. The fourth-order valence-electron chi connectivity index (χ4n) is 3.41. The van der Waals surface area contributed by atoms with Crippen molar-refractivity contribution in [3.8, 4) is 11.6 Å². The summed E-state index contributed by atoms with van der Waals surface area (Å²) in [5.74, 6) is -1.13. The Hall–Kier alpha value is -3.59. The maximum Gasteiger partial charge on any atom is 0.340 e. The minimum atomic E-state index is -1.44. The molecule has 2 aromatic carbocycles. The minimum Gasteiger partial charge on any atom is -0.436 e. The molecule has 0 fully saturated rings. The van der Waals surface area contributed by atoms with E-state index in [4.69, 9.17) is 9.15 Å². The van der Waals surface area contributed by atoms with E-state index in [9.17, 15) is 13.4 Å². The average Bonchev–Trinajstić information content (AvgIpc) is 2.80. The third-order valence-electron chi connectivity index (χ3n) is 5.28. The summed E-state index contributed by atoms with van der Waals surface area (Å²) in [6, 6.07) is 12.2. The van der Waals surface area contributed by atoms with Crippen molar-refractivity contribution < 1.29 is 22.1 Å². The quantitative estimate of drug-likeness (QED) is 0.343. The van der Waals surface area contributed by atoms with Crippen LogP contribution in [0.25, 0.3) is 11.0 Å². The van der Waals surface area contributed by atoms with E-state index in [1.807, 2.05) is 0 Å². The lowest BCUT2D eigenvalue weighted by molar-refractivity contribution is 0.422. The third kappa shape index (κ3) is 4.84. The first kappa shape index (κ1) is 23.6. The summed E-state index contributed by atoms with van der Waals surface area (Å²) in [7, 11) is -1.44. The van der Waals surface area contributed by atoms with Crippen LogP contribution in [0, 0.1) is 18.6 Å². The minimum absolute atomic E-state index is 0.00281. The van der Waals surface area contributed by atoms with E-state index < -0.39 is 28.2 Å². The summed E-state index contributed by atoms with van der Waals surface area (Å²) in [5, 5.41) is 0.444. The smallest absolute Gasteiger partial charge is 0.340 e. The highest BCUT2D eigenvalue weighted by Crippen LogP contribution is 2.29. The molecule has 1 N–H and O–H groups in total. The molecule has 0 aliphatic heterocycles. The van der Waals surface area contributed by atoms with Crippen molar-refractivity contribution in [2.45, 2.75) is 32.4 Å². The molecule has 176 valence electrons. The van der Waals surface area contributed by atoms with Gasteiger partial charge in [-0.05, 0) is 62.2 Å². The number of aromatic nitrogens is 1. The van der Waals surface area contributed by atoms with E-state index in [-0.39, 0.29) is 40.1 Å². The number of anilines is 1. The van der Waals surface area contributed by atoms with Crippen LogP contribution in [0.3, 0.4) is 0 Å². The van der Waals surface area contributed by atoms with Gasteiger partial charge >= 0.3 is 5.63 Å². The van der Waals surface area contributed by atoms with Gasteiger partial charge in [-0.15, -0.1) is 0 Å². The van der Waals surface area contributed by atoms with Gasteiger partial charge in [-0.25, -0.2) is 22.8 Å². The second-order valence-electron chi connectivity index (χ2n) is 7.95. The van der Waals surface area contributed by atoms with Gasteiger partial charge in [0.05, 0.1) is 5.69 Å². The fraction of sp³-hybridized carbons (Fsp3) is 0.200. The molecule has 0 bridgehead atoms. The fourth-order valence-corrected chi connectivity index (χ4v) is 4.02. The van der Waals surface area contributed by atoms with Gasteiger partial charge < -0.3 is 13.9 Å². The number of nitrogens with one attached hydrogen (secondary N) is 1. The Bertz CT molecular complexity index is 1450. The predicted molar refractivity (Wildman–Crippen MR) is 128 cm³/mol. The van der Waals surface area contributed by atoms with E-state index in [2.05, 4.69) is 9.71 Å². The number of aryl methyl sites for hydroxylation is 1. The maximum absolute atomic E-state index is 15.1. The summed E-state index contributed by atoms with van der Waals surface area (Å²) in [6.45, 7) is 5.27. The molecule has 34 heavy (non-hydrogen) atoms. The third-order valence-corrected chi connectivity index (χ3v) is 6.56. The van der Waals surface area contributed by atoms with Gasteiger partial charge in [0.2, 0.25) is 0 Å². The van der Waals surface area contributed by atoms with Crippen LogP contribution in [0.15, 0.2) is 63.9 Å². The molecule has 2 heterocycles. The number of benzene rings is 2. The Labute approximate surface area is 197 Å². The highest BCUT2D eigenvalue weighted by Gasteiger charge is 2.17. The Balaban J connectivity index is 1.66. The highest BCUT2D eigenvalue weighted by atomic mass is 32.2. The van der Waals surface area contributed by atoms with Crippen molar-refractivity contribution in [3.63, 3.8) is 0 Å². The van der Waals surface area contributed by atoms with Gasteiger partial charge in [-0.3, -0.25) is 0 Å². The van der Waals surface area contributed by atoms with Crippen molar-refractivity contribution in [2.24, 2.45) is 0 Å². The molecule has 6 nitrogen and oxygen atoms in total.